The summed E-state index contributed by atoms with van der Waals surface area (Å²) >= 11 is 0. The van der Waals surface area contributed by atoms with Gasteiger partial charge >= 0.3 is 5.97 Å². The second-order valence-electron chi connectivity index (χ2n) is 6.45. The molecule has 0 amide bonds. The molecular weight excluding hydrogens is 252 g/mol. The van der Waals surface area contributed by atoms with E-state index in [0.29, 0.717) is 31.7 Å². The van der Waals surface area contributed by atoms with Crippen molar-refractivity contribution in [3.8, 4) is 0 Å². The first kappa shape index (κ1) is 17.5. The summed E-state index contributed by atoms with van der Waals surface area (Å²) in [7, 11) is 0. The predicted molar refractivity (Wildman–Crippen MR) is 81.6 cm³/mol. The van der Waals surface area contributed by atoms with E-state index in [4.69, 9.17) is 9.47 Å². The maximum absolute atomic E-state index is 12.7. The van der Waals surface area contributed by atoms with Gasteiger partial charge in [0.25, 0.3) is 0 Å². The molecule has 0 aromatic heterocycles. The van der Waals surface area contributed by atoms with Crippen molar-refractivity contribution in [1.82, 2.24) is 0 Å². The average molecular weight is 284 g/mol. The summed E-state index contributed by atoms with van der Waals surface area (Å²) in [6.45, 7) is 9.88. The molecule has 0 aliphatic heterocycles. The third-order valence-corrected chi connectivity index (χ3v) is 4.40. The van der Waals surface area contributed by atoms with Gasteiger partial charge in [0, 0.05) is 6.61 Å². The number of hydrogen-bond acceptors (Lipinski definition) is 3. The molecule has 3 nitrogen and oxygen atoms in total. The van der Waals surface area contributed by atoms with Gasteiger partial charge < -0.3 is 9.47 Å². The minimum absolute atomic E-state index is 0.0333. The van der Waals surface area contributed by atoms with Crippen molar-refractivity contribution < 1.29 is 14.3 Å². The Bertz CT molecular complexity index is 282. The van der Waals surface area contributed by atoms with Gasteiger partial charge in [0.05, 0.1) is 18.6 Å². The van der Waals surface area contributed by atoms with Crippen molar-refractivity contribution >= 4 is 5.97 Å². The quantitative estimate of drug-likeness (QED) is 0.627. The third-order valence-electron chi connectivity index (χ3n) is 4.40. The molecule has 1 unspecified atom stereocenters. The first-order valence-corrected chi connectivity index (χ1v) is 8.31. The van der Waals surface area contributed by atoms with Crippen LogP contribution >= 0.6 is 0 Å². The van der Waals surface area contributed by atoms with Crippen LogP contribution in [0.3, 0.4) is 0 Å². The van der Waals surface area contributed by atoms with Gasteiger partial charge in [-0.3, -0.25) is 4.79 Å². The number of hydrogen-bond donors (Lipinski definition) is 0. The molecule has 0 N–H and O–H groups in total. The second-order valence-corrected chi connectivity index (χ2v) is 6.45. The van der Waals surface area contributed by atoms with Crippen LogP contribution in [0.4, 0.5) is 0 Å². The second kappa shape index (κ2) is 8.66. The molecule has 0 radical (unpaired) electrons. The largest absolute Gasteiger partial charge is 0.465 e. The van der Waals surface area contributed by atoms with Gasteiger partial charge in [-0.25, -0.2) is 0 Å². The molecule has 1 fully saturated rings. The highest BCUT2D eigenvalue weighted by atomic mass is 16.5. The van der Waals surface area contributed by atoms with Crippen LogP contribution < -0.4 is 0 Å². The molecule has 1 aliphatic carbocycles. The highest BCUT2D eigenvalue weighted by Gasteiger charge is 2.47. The van der Waals surface area contributed by atoms with Crippen molar-refractivity contribution in [2.24, 2.45) is 17.3 Å². The highest BCUT2D eigenvalue weighted by molar-refractivity contribution is 5.77. The highest BCUT2D eigenvalue weighted by Crippen LogP contribution is 2.44. The summed E-state index contributed by atoms with van der Waals surface area (Å²) in [4.78, 5) is 12.7. The average Bonchev–Trinajstić information content (AvgIpc) is 2.44. The molecule has 118 valence electrons. The van der Waals surface area contributed by atoms with Crippen molar-refractivity contribution in [2.75, 3.05) is 19.8 Å². The van der Waals surface area contributed by atoms with Crippen molar-refractivity contribution in [1.29, 1.82) is 0 Å². The van der Waals surface area contributed by atoms with Crippen LogP contribution in [0.5, 0.6) is 0 Å². The van der Waals surface area contributed by atoms with E-state index >= 15 is 0 Å². The Labute approximate surface area is 124 Å². The summed E-state index contributed by atoms with van der Waals surface area (Å²) in [6, 6.07) is 0. The van der Waals surface area contributed by atoms with E-state index in [1.54, 1.807) is 0 Å². The SMILES string of the molecule is CCOCC(CC(C)C)(C(=O)OCC)C1CCCCC1. The van der Waals surface area contributed by atoms with Crippen LogP contribution in [0.15, 0.2) is 0 Å². The zero-order valence-electron chi connectivity index (χ0n) is 13.7. The first-order valence-electron chi connectivity index (χ1n) is 8.31. The summed E-state index contributed by atoms with van der Waals surface area (Å²) in [5.41, 5.74) is -0.430. The molecule has 1 aliphatic rings. The van der Waals surface area contributed by atoms with Crippen LogP contribution in [0.25, 0.3) is 0 Å². The van der Waals surface area contributed by atoms with E-state index in [1.807, 2.05) is 13.8 Å². The lowest BCUT2D eigenvalue weighted by molar-refractivity contribution is -0.167. The molecule has 20 heavy (non-hydrogen) atoms. The van der Waals surface area contributed by atoms with E-state index in [-0.39, 0.29) is 5.97 Å². The van der Waals surface area contributed by atoms with Gasteiger partial charge in [0.15, 0.2) is 0 Å². The van der Waals surface area contributed by atoms with Crippen LogP contribution in [-0.4, -0.2) is 25.8 Å². The summed E-state index contributed by atoms with van der Waals surface area (Å²) in [5, 5.41) is 0. The number of esters is 1. The normalized spacial score (nSPS) is 19.9. The molecule has 0 bridgehead atoms. The molecule has 0 heterocycles. The van der Waals surface area contributed by atoms with Crippen molar-refractivity contribution in [2.45, 2.75) is 66.2 Å². The van der Waals surface area contributed by atoms with E-state index in [9.17, 15) is 4.79 Å². The van der Waals surface area contributed by atoms with Crippen molar-refractivity contribution in [3.63, 3.8) is 0 Å². The van der Waals surface area contributed by atoms with Gasteiger partial charge in [-0.05, 0) is 44.9 Å². The Morgan fingerprint density at radius 3 is 2.30 bits per heavy atom. The third kappa shape index (κ3) is 4.47. The van der Waals surface area contributed by atoms with Gasteiger partial charge in [-0.15, -0.1) is 0 Å². The molecule has 0 aromatic carbocycles. The van der Waals surface area contributed by atoms with E-state index < -0.39 is 5.41 Å². The Kier molecular flexibility index (Phi) is 7.57. The summed E-state index contributed by atoms with van der Waals surface area (Å²) in [5.74, 6) is 0.861. The first-order chi connectivity index (χ1) is 9.56. The fourth-order valence-electron chi connectivity index (χ4n) is 3.60. The van der Waals surface area contributed by atoms with E-state index in [0.717, 1.165) is 19.3 Å². The number of carbonyl (C=O) groups is 1. The molecular formula is C17H32O3. The lowest BCUT2D eigenvalue weighted by Crippen LogP contribution is -2.46. The molecule has 1 rings (SSSR count). The standard InChI is InChI=1S/C17H32O3/c1-5-19-13-17(12-14(3)4,16(18)20-6-2)15-10-8-7-9-11-15/h14-15H,5-13H2,1-4H3. The lowest BCUT2D eigenvalue weighted by Gasteiger charge is -2.41. The van der Waals surface area contributed by atoms with Crippen LogP contribution in [-0.2, 0) is 14.3 Å². The maximum Gasteiger partial charge on any atom is 0.314 e. The zero-order chi connectivity index (χ0) is 15.0. The molecule has 0 spiro atoms. The van der Waals surface area contributed by atoms with Crippen molar-refractivity contribution in [3.05, 3.63) is 0 Å². The van der Waals surface area contributed by atoms with Gasteiger partial charge in [-0.1, -0.05) is 33.1 Å². The Hall–Kier alpha value is -0.570. The topological polar surface area (TPSA) is 35.5 Å². The molecule has 1 atom stereocenters. The van der Waals surface area contributed by atoms with E-state index in [2.05, 4.69) is 13.8 Å². The van der Waals surface area contributed by atoms with Crippen LogP contribution in [0.1, 0.15) is 66.2 Å². The predicted octanol–water partition coefficient (Wildman–Crippen LogP) is 4.20. The number of ether oxygens (including phenoxy) is 2. The Morgan fingerprint density at radius 2 is 1.80 bits per heavy atom. The van der Waals surface area contributed by atoms with Gasteiger partial charge in [0.2, 0.25) is 0 Å². The molecule has 3 heteroatoms. The monoisotopic (exact) mass is 284 g/mol. The van der Waals surface area contributed by atoms with Gasteiger partial charge in [0.1, 0.15) is 0 Å². The number of rotatable bonds is 8. The summed E-state index contributed by atoms with van der Waals surface area (Å²) < 4.78 is 11.2. The van der Waals surface area contributed by atoms with Crippen LogP contribution in [0.2, 0.25) is 0 Å². The maximum atomic E-state index is 12.7. The van der Waals surface area contributed by atoms with Crippen LogP contribution in [0, 0.1) is 17.3 Å². The lowest BCUT2D eigenvalue weighted by atomic mass is 9.65. The minimum atomic E-state index is -0.430. The molecule has 0 saturated heterocycles. The fourth-order valence-corrected chi connectivity index (χ4v) is 3.60. The molecule has 0 aromatic rings. The number of carbonyl (C=O) groups excluding carboxylic acids is 1. The zero-order valence-corrected chi connectivity index (χ0v) is 13.7. The Balaban J connectivity index is 2.98. The smallest absolute Gasteiger partial charge is 0.314 e. The Morgan fingerprint density at radius 1 is 1.15 bits per heavy atom. The minimum Gasteiger partial charge on any atom is -0.465 e. The van der Waals surface area contributed by atoms with E-state index in [1.165, 1.54) is 19.3 Å². The van der Waals surface area contributed by atoms with Gasteiger partial charge in [-0.2, -0.15) is 0 Å². The molecule has 1 saturated carbocycles. The fraction of sp³-hybridized carbons (Fsp3) is 0.941. The summed E-state index contributed by atoms with van der Waals surface area (Å²) in [6.07, 6.45) is 6.91.